The largest absolute Gasteiger partial charge is 0.0622 e. The zero-order valence-corrected chi connectivity index (χ0v) is 13.0. The summed E-state index contributed by atoms with van der Waals surface area (Å²) in [5, 5.41) is 0. The van der Waals surface area contributed by atoms with Crippen LogP contribution < -0.4 is 0 Å². The lowest BCUT2D eigenvalue weighted by atomic mass is 9.57. The molecule has 0 saturated heterocycles. The molecule has 2 aromatic carbocycles. The van der Waals surface area contributed by atoms with Crippen LogP contribution in [0.5, 0.6) is 0 Å². The third-order valence-electron chi connectivity index (χ3n) is 6.07. The minimum atomic E-state index is 0.322. The van der Waals surface area contributed by atoms with E-state index in [2.05, 4.69) is 68.4 Å². The van der Waals surface area contributed by atoms with Crippen molar-refractivity contribution in [3.05, 3.63) is 71.3 Å². The van der Waals surface area contributed by atoms with E-state index in [1.165, 1.54) is 24.8 Å². The molecule has 2 aromatic rings. The molecule has 0 aliphatic heterocycles. The summed E-state index contributed by atoms with van der Waals surface area (Å²) in [5.74, 6) is 2.25. The second kappa shape index (κ2) is 4.73. The molecule has 0 aromatic heterocycles. The van der Waals surface area contributed by atoms with Crippen LogP contribution in [0.25, 0.3) is 0 Å². The highest BCUT2D eigenvalue weighted by Gasteiger charge is 2.49. The summed E-state index contributed by atoms with van der Waals surface area (Å²) in [6.45, 7) is 4.94. The predicted molar refractivity (Wildman–Crippen MR) is 88.6 cm³/mol. The Morgan fingerprint density at radius 2 is 1.57 bits per heavy atom. The maximum absolute atomic E-state index is 2.47. The van der Waals surface area contributed by atoms with Gasteiger partial charge in [-0.3, -0.25) is 0 Å². The zero-order chi connectivity index (χ0) is 14.4. The van der Waals surface area contributed by atoms with Crippen molar-refractivity contribution in [2.45, 2.75) is 44.4 Å². The summed E-state index contributed by atoms with van der Waals surface area (Å²) in [5.41, 5.74) is 5.00. The minimum Gasteiger partial charge on any atom is -0.0622 e. The predicted octanol–water partition coefficient (Wildman–Crippen LogP) is 5.53. The molecule has 0 radical (unpaired) electrons. The Hall–Kier alpha value is -1.56. The molecule has 1 fully saturated rings. The highest BCUT2D eigenvalue weighted by atomic mass is 14.5. The van der Waals surface area contributed by atoms with Crippen LogP contribution in [0.4, 0.5) is 0 Å². The zero-order valence-electron chi connectivity index (χ0n) is 13.0. The van der Waals surface area contributed by atoms with Crippen molar-refractivity contribution in [3.63, 3.8) is 0 Å². The van der Waals surface area contributed by atoms with E-state index in [4.69, 9.17) is 0 Å². The quantitative estimate of drug-likeness (QED) is 0.642. The van der Waals surface area contributed by atoms with Crippen molar-refractivity contribution >= 4 is 0 Å². The van der Waals surface area contributed by atoms with Crippen LogP contribution in [-0.4, -0.2) is 0 Å². The van der Waals surface area contributed by atoms with Gasteiger partial charge in [-0.2, -0.15) is 0 Å². The van der Waals surface area contributed by atoms with Gasteiger partial charge in [-0.1, -0.05) is 74.9 Å². The second-order valence-electron chi connectivity index (χ2n) is 7.40. The summed E-state index contributed by atoms with van der Waals surface area (Å²) in [7, 11) is 0. The van der Waals surface area contributed by atoms with Gasteiger partial charge < -0.3 is 0 Å². The number of benzene rings is 2. The van der Waals surface area contributed by atoms with Crippen molar-refractivity contribution in [2.24, 2.45) is 11.8 Å². The topological polar surface area (TPSA) is 0 Å². The monoisotopic (exact) mass is 276 g/mol. The summed E-state index contributed by atoms with van der Waals surface area (Å²) in [4.78, 5) is 0. The highest BCUT2D eigenvalue weighted by Crippen LogP contribution is 2.57. The van der Waals surface area contributed by atoms with Gasteiger partial charge >= 0.3 is 0 Å². The van der Waals surface area contributed by atoms with Gasteiger partial charge in [0.15, 0.2) is 0 Å². The number of hydrogen-bond acceptors (Lipinski definition) is 0. The average Bonchev–Trinajstić information content (AvgIpc) is 2.99. The van der Waals surface area contributed by atoms with Crippen molar-refractivity contribution in [2.75, 3.05) is 0 Å². The molecule has 4 rings (SSSR count). The Kier molecular flexibility index (Phi) is 2.96. The Labute approximate surface area is 128 Å². The SMILES string of the molecule is CC1(C)c2ccccc2C(c2ccccc2)C2CCCC21. The summed E-state index contributed by atoms with van der Waals surface area (Å²) < 4.78 is 0. The Morgan fingerprint density at radius 1 is 0.857 bits per heavy atom. The van der Waals surface area contributed by atoms with E-state index in [1.807, 2.05) is 0 Å². The van der Waals surface area contributed by atoms with Crippen LogP contribution in [0.3, 0.4) is 0 Å². The molecule has 0 spiro atoms. The third-order valence-corrected chi connectivity index (χ3v) is 6.07. The van der Waals surface area contributed by atoms with Gasteiger partial charge in [0, 0.05) is 5.92 Å². The van der Waals surface area contributed by atoms with Gasteiger partial charge in [0.05, 0.1) is 0 Å². The van der Waals surface area contributed by atoms with Crippen LogP contribution in [0.2, 0.25) is 0 Å². The highest BCUT2D eigenvalue weighted by molar-refractivity contribution is 5.46. The van der Waals surface area contributed by atoms with Crippen LogP contribution >= 0.6 is 0 Å². The smallest absolute Gasteiger partial charge is 0.0123 e. The average molecular weight is 276 g/mol. The van der Waals surface area contributed by atoms with Gasteiger partial charge in [-0.15, -0.1) is 0 Å². The molecule has 0 nitrogen and oxygen atoms in total. The molecule has 2 aliphatic rings. The lowest BCUT2D eigenvalue weighted by Crippen LogP contribution is -2.40. The molecule has 2 aliphatic carbocycles. The van der Waals surface area contributed by atoms with E-state index in [-0.39, 0.29) is 0 Å². The van der Waals surface area contributed by atoms with Crippen LogP contribution in [-0.2, 0) is 5.41 Å². The maximum Gasteiger partial charge on any atom is 0.0123 e. The van der Waals surface area contributed by atoms with Crippen LogP contribution in [0, 0.1) is 11.8 Å². The Balaban J connectivity index is 1.93. The molecule has 0 heteroatoms. The van der Waals surface area contributed by atoms with Crippen LogP contribution in [0.1, 0.15) is 55.7 Å². The van der Waals surface area contributed by atoms with Crippen molar-refractivity contribution in [3.8, 4) is 0 Å². The lowest BCUT2D eigenvalue weighted by Gasteiger charge is -2.47. The standard InChI is InChI=1S/C21H24/c1-21(2)18-13-7-6-11-16(18)20(15-9-4-3-5-10-15)17-12-8-14-19(17)21/h3-7,9-11,13,17,19-20H,8,12,14H2,1-2H3. The van der Waals surface area contributed by atoms with E-state index in [1.54, 1.807) is 11.1 Å². The number of hydrogen-bond donors (Lipinski definition) is 0. The summed E-state index contributed by atoms with van der Waals surface area (Å²) >= 11 is 0. The first-order valence-electron chi connectivity index (χ1n) is 8.34. The van der Waals surface area contributed by atoms with E-state index >= 15 is 0 Å². The fourth-order valence-corrected chi connectivity index (χ4v) is 5.16. The van der Waals surface area contributed by atoms with Crippen molar-refractivity contribution in [1.29, 1.82) is 0 Å². The lowest BCUT2D eigenvalue weighted by molar-refractivity contribution is 0.205. The van der Waals surface area contributed by atoms with E-state index < -0.39 is 0 Å². The van der Waals surface area contributed by atoms with Crippen molar-refractivity contribution in [1.82, 2.24) is 0 Å². The molecule has 0 N–H and O–H groups in total. The Bertz CT molecular complexity index is 638. The second-order valence-corrected chi connectivity index (χ2v) is 7.40. The maximum atomic E-state index is 2.47. The van der Waals surface area contributed by atoms with E-state index in [0.29, 0.717) is 11.3 Å². The van der Waals surface area contributed by atoms with E-state index in [9.17, 15) is 0 Å². The molecule has 0 amide bonds. The van der Waals surface area contributed by atoms with Gasteiger partial charge in [-0.25, -0.2) is 0 Å². The van der Waals surface area contributed by atoms with E-state index in [0.717, 1.165) is 11.8 Å². The normalized spacial score (nSPS) is 29.7. The molecule has 3 atom stereocenters. The summed E-state index contributed by atoms with van der Waals surface area (Å²) in [6, 6.07) is 20.4. The number of fused-ring (bicyclic) bond motifs is 2. The molecule has 1 saturated carbocycles. The van der Waals surface area contributed by atoms with Crippen molar-refractivity contribution < 1.29 is 0 Å². The molecule has 21 heavy (non-hydrogen) atoms. The first-order chi connectivity index (χ1) is 10.2. The van der Waals surface area contributed by atoms with Gasteiger partial charge in [-0.05, 0) is 46.8 Å². The molecule has 0 heterocycles. The van der Waals surface area contributed by atoms with Gasteiger partial charge in [0.2, 0.25) is 0 Å². The first-order valence-corrected chi connectivity index (χ1v) is 8.34. The molecule has 108 valence electrons. The fourth-order valence-electron chi connectivity index (χ4n) is 5.16. The van der Waals surface area contributed by atoms with Crippen LogP contribution in [0.15, 0.2) is 54.6 Å². The van der Waals surface area contributed by atoms with Gasteiger partial charge in [0.1, 0.15) is 0 Å². The Morgan fingerprint density at radius 3 is 2.38 bits per heavy atom. The van der Waals surface area contributed by atoms with Gasteiger partial charge in [0.25, 0.3) is 0 Å². The summed E-state index contributed by atoms with van der Waals surface area (Å²) in [6.07, 6.45) is 4.19. The third kappa shape index (κ3) is 1.88. The fraction of sp³-hybridized carbons (Fsp3) is 0.429. The molecular weight excluding hydrogens is 252 g/mol. The molecule has 0 bridgehead atoms. The molecule has 3 unspecified atom stereocenters. The first kappa shape index (κ1) is 13.1. The minimum absolute atomic E-state index is 0.322. The number of rotatable bonds is 1. The molecular formula is C21H24.